The van der Waals surface area contributed by atoms with Crippen LogP contribution in [0, 0.1) is 0 Å². The Kier molecular flexibility index (Phi) is 10.2. The summed E-state index contributed by atoms with van der Waals surface area (Å²) in [5, 5.41) is 9.39. The van der Waals surface area contributed by atoms with Crippen molar-refractivity contribution in [1.82, 2.24) is 20.9 Å². The Balaban J connectivity index is 0.00000364. The number of benzene rings is 1. The number of halogens is 2. The molecule has 1 saturated heterocycles. The van der Waals surface area contributed by atoms with Gasteiger partial charge in [-0.15, -0.1) is 24.0 Å². The summed E-state index contributed by atoms with van der Waals surface area (Å²) in [6.45, 7) is 4.00. The zero-order chi connectivity index (χ0) is 18.9. The predicted molar refractivity (Wildman–Crippen MR) is 116 cm³/mol. The zero-order valence-electron chi connectivity index (χ0n) is 15.4. The minimum absolute atomic E-state index is 0. The van der Waals surface area contributed by atoms with Crippen molar-refractivity contribution in [3.63, 3.8) is 0 Å². The van der Waals surface area contributed by atoms with E-state index < -0.39 is 0 Å². The van der Waals surface area contributed by atoms with Crippen LogP contribution in [0.2, 0.25) is 5.02 Å². The van der Waals surface area contributed by atoms with Crippen molar-refractivity contribution in [2.45, 2.75) is 13.3 Å². The molecule has 10 heteroatoms. The van der Waals surface area contributed by atoms with Gasteiger partial charge in [-0.05, 0) is 31.0 Å². The van der Waals surface area contributed by atoms with Gasteiger partial charge in [-0.2, -0.15) is 0 Å². The van der Waals surface area contributed by atoms with Gasteiger partial charge in [0.05, 0.1) is 13.7 Å². The molecule has 8 nitrogen and oxygen atoms in total. The molecule has 2 rings (SSSR count). The first-order valence-corrected chi connectivity index (χ1v) is 8.85. The maximum Gasteiger partial charge on any atom is 0.324 e. The number of carbonyl (C=O) groups excluding carboxylic acids is 2. The van der Waals surface area contributed by atoms with E-state index in [-0.39, 0.29) is 42.5 Å². The number of amides is 3. The molecule has 1 aromatic carbocycles. The molecule has 1 aromatic rings. The van der Waals surface area contributed by atoms with E-state index in [4.69, 9.17) is 16.3 Å². The van der Waals surface area contributed by atoms with Gasteiger partial charge in [0, 0.05) is 31.2 Å². The van der Waals surface area contributed by atoms with Gasteiger partial charge in [-0.25, -0.2) is 4.79 Å². The number of hydrogen-bond donors (Lipinski definition) is 3. The van der Waals surface area contributed by atoms with Gasteiger partial charge in [0.15, 0.2) is 5.96 Å². The summed E-state index contributed by atoms with van der Waals surface area (Å²) in [4.78, 5) is 28.7. The second kappa shape index (κ2) is 11.9. The number of urea groups is 1. The Bertz CT molecular complexity index is 671. The lowest BCUT2D eigenvalue weighted by atomic mass is 10.1. The fraction of sp³-hybridized carbons (Fsp3) is 0.471. The van der Waals surface area contributed by atoms with Crippen LogP contribution in [-0.2, 0) is 11.2 Å². The highest BCUT2D eigenvalue weighted by atomic mass is 127. The molecule has 1 aliphatic rings. The van der Waals surface area contributed by atoms with Crippen molar-refractivity contribution in [3.8, 4) is 5.75 Å². The largest absolute Gasteiger partial charge is 0.497 e. The Labute approximate surface area is 181 Å². The van der Waals surface area contributed by atoms with Crippen LogP contribution in [0.4, 0.5) is 4.79 Å². The van der Waals surface area contributed by atoms with Crippen LogP contribution >= 0.6 is 35.6 Å². The smallest absolute Gasteiger partial charge is 0.324 e. The van der Waals surface area contributed by atoms with Crippen LogP contribution in [0.25, 0.3) is 0 Å². The van der Waals surface area contributed by atoms with E-state index in [0.29, 0.717) is 43.6 Å². The van der Waals surface area contributed by atoms with Crippen molar-refractivity contribution in [2.75, 3.05) is 39.8 Å². The minimum atomic E-state index is -0.354. The molecule has 1 heterocycles. The standard InChI is InChI=1S/C17H24ClN5O3.HI/c1-3-19-16(21-8-9-23-15(24)11-22-17(23)25)20-7-6-12-4-5-13(26-2)10-14(12)18;/h4-5,10H,3,6-9,11H2,1-2H3,(H,22,25)(H2,19,20,21);1H. The van der Waals surface area contributed by atoms with Crippen LogP contribution < -0.4 is 20.7 Å². The molecule has 1 aliphatic heterocycles. The monoisotopic (exact) mass is 509 g/mol. The average molecular weight is 510 g/mol. The second-order valence-corrected chi connectivity index (χ2v) is 6.01. The zero-order valence-corrected chi connectivity index (χ0v) is 18.5. The highest BCUT2D eigenvalue weighted by Crippen LogP contribution is 2.22. The Hall–Kier alpha value is -1.75. The number of nitrogens with zero attached hydrogens (tertiary/aromatic N) is 2. The van der Waals surface area contributed by atoms with Crippen LogP contribution in [0.1, 0.15) is 12.5 Å². The lowest BCUT2D eigenvalue weighted by Crippen LogP contribution is -2.43. The fourth-order valence-electron chi connectivity index (χ4n) is 2.46. The van der Waals surface area contributed by atoms with Crippen LogP contribution in [0.5, 0.6) is 5.75 Å². The van der Waals surface area contributed by atoms with Crippen molar-refractivity contribution in [3.05, 3.63) is 28.8 Å². The minimum Gasteiger partial charge on any atom is -0.497 e. The molecule has 0 radical (unpaired) electrons. The number of carbonyl (C=O) groups is 2. The third-order valence-corrected chi connectivity index (χ3v) is 4.17. The number of ether oxygens (including phenoxy) is 1. The van der Waals surface area contributed by atoms with Crippen LogP contribution in [-0.4, -0.2) is 62.6 Å². The third-order valence-electron chi connectivity index (χ3n) is 3.82. The predicted octanol–water partition coefficient (Wildman–Crippen LogP) is 1.62. The first kappa shape index (κ1) is 23.3. The number of methoxy groups -OCH3 is 1. The molecule has 3 amide bonds. The van der Waals surface area contributed by atoms with E-state index in [1.807, 2.05) is 19.1 Å². The summed E-state index contributed by atoms with van der Waals surface area (Å²) < 4.78 is 5.14. The van der Waals surface area contributed by atoms with Gasteiger partial charge in [-0.3, -0.25) is 14.7 Å². The maximum absolute atomic E-state index is 11.5. The highest BCUT2D eigenvalue weighted by Gasteiger charge is 2.27. The van der Waals surface area contributed by atoms with E-state index in [2.05, 4.69) is 20.9 Å². The van der Waals surface area contributed by atoms with Crippen molar-refractivity contribution < 1.29 is 14.3 Å². The molecule has 0 bridgehead atoms. The number of rotatable bonds is 8. The molecule has 0 unspecified atom stereocenters. The maximum atomic E-state index is 11.5. The molecular weight excluding hydrogens is 485 g/mol. The topological polar surface area (TPSA) is 95.1 Å². The van der Waals surface area contributed by atoms with Gasteiger partial charge >= 0.3 is 6.03 Å². The summed E-state index contributed by atoms with van der Waals surface area (Å²) in [6.07, 6.45) is 0.687. The van der Waals surface area contributed by atoms with Gasteiger partial charge in [-0.1, -0.05) is 17.7 Å². The molecule has 150 valence electrons. The Morgan fingerprint density at radius 1 is 1.37 bits per heavy atom. The molecule has 0 atom stereocenters. The van der Waals surface area contributed by atoms with Crippen molar-refractivity contribution in [2.24, 2.45) is 4.99 Å². The van der Waals surface area contributed by atoms with E-state index in [9.17, 15) is 9.59 Å². The summed E-state index contributed by atoms with van der Waals surface area (Å²) in [7, 11) is 1.60. The molecule has 0 aliphatic carbocycles. The lowest BCUT2D eigenvalue weighted by molar-refractivity contribution is -0.124. The quantitative estimate of drug-likeness (QED) is 0.214. The van der Waals surface area contributed by atoms with Crippen LogP contribution in [0.3, 0.4) is 0 Å². The van der Waals surface area contributed by atoms with E-state index in [0.717, 1.165) is 11.3 Å². The molecule has 27 heavy (non-hydrogen) atoms. The Morgan fingerprint density at radius 3 is 2.74 bits per heavy atom. The molecule has 1 fully saturated rings. The van der Waals surface area contributed by atoms with E-state index >= 15 is 0 Å². The molecule has 0 saturated carbocycles. The van der Waals surface area contributed by atoms with E-state index in [1.165, 1.54) is 4.90 Å². The Morgan fingerprint density at radius 2 is 2.15 bits per heavy atom. The summed E-state index contributed by atoms with van der Waals surface area (Å²) >= 11 is 6.23. The molecular formula is C17H25ClIN5O3. The normalized spacial score (nSPS) is 13.9. The van der Waals surface area contributed by atoms with Crippen LogP contribution in [0.15, 0.2) is 23.2 Å². The van der Waals surface area contributed by atoms with Crippen molar-refractivity contribution in [1.29, 1.82) is 0 Å². The van der Waals surface area contributed by atoms with E-state index in [1.54, 1.807) is 13.2 Å². The highest BCUT2D eigenvalue weighted by molar-refractivity contribution is 14.0. The third kappa shape index (κ3) is 7.06. The number of aliphatic imine (C=N–C) groups is 1. The summed E-state index contributed by atoms with van der Waals surface area (Å²) in [5.74, 6) is 1.13. The fourth-order valence-corrected chi connectivity index (χ4v) is 2.72. The number of hydrogen-bond acceptors (Lipinski definition) is 4. The molecule has 0 aromatic heterocycles. The number of nitrogens with one attached hydrogen (secondary N) is 3. The number of imide groups is 1. The van der Waals surface area contributed by atoms with Gasteiger partial charge in [0.2, 0.25) is 5.91 Å². The first-order chi connectivity index (χ1) is 12.5. The SMILES string of the molecule is CCNC(=NCCc1ccc(OC)cc1Cl)NCCN1C(=O)CNC1=O.I. The molecule has 3 N–H and O–H groups in total. The number of guanidine groups is 1. The first-order valence-electron chi connectivity index (χ1n) is 8.48. The average Bonchev–Trinajstić information content (AvgIpc) is 2.94. The van der Waals surface area contributed by atoms with Crippen molar-refractivity contribution >= 4 is 53.5 Å². The molecule has 0 spiro atoms. The van der Waals surface area contributed by atoms with Gasteiger partial charge in [0.25, 0.3) is 0 Å². The second-order valence-electron chi connectivity index (χ2n) is 5.60. The van der Waals surface area contributed by atoms with Gasteiger partial charge < -0.3 is 20.7 Å². The summed E-state index contributed by atoms with van der Waals surface area (Å²) in [5.41, 5.74) is 0.992. The summed E-state index contributed by atoms with van der Waals surface area (Å²) in [6, 6.07) is 5.22. The van der Waals surface area contributed by atoms with Gasteiger partial charge in [0.1, 0.15) is 5.75 Å². The lowest BCUT2D eigenvalue weighted by Gasteiger charge is -2.15.